The van der Waals surface area contributed by atoms with Crippen LogP contribution in [0, 0.1) is 5.82 Å². The zero-order valence-corrected chi connectivity index (χ0v) is 11.5. The molecule has 0 unspecified atom stereocenters. The van der Waals surface area contributed by atoms with Crippen LogP contribution in [0.5, 0.6) is 0 Å². The molecule has 112 valence electrons. The van der Waals surface area contributed by atoms with Crippen LogP contribution in [0.4, 0.5) is 17.6 Å². The molecule has 0 saturated heterocycles. The fourth-order valence-corrected chi connectivity index (χ4v) is 2.10. The van der Waals surface area contributed by atoms with Gasteiger partial charge in [-0.1, -0.05) is 13.8 Å². The third kappa shape index (κ3) is 3.00. The fraction of sp³-hybridized carbons (Fsp3) is 0.500. The third-order valence-corrected chi connectivity index (χ3v) is 3.48. The molecule has 1 aromatic rings. The first-order valence-corrected chi connectivity index (χ1v) is 6.18. The van der Waals surface area contributed by atoms with Gasteiger partial charge in [-0.3, -0.25) is 4.79 Å². The number of ether oxygens (including phenoxy) is 1. The summed E-state index contributed by atoms with van der Waals surface area (Å²) < 4.78 is 56.3. The van der Waals surface area contributed by atoms with E-state index in [9.17, 15) is 22.4 Å². The minimum Gasteiger partial charge on any atom is -0.370 e. The molecule has 2 nitrogen and oxygen atoms in total. The van der Waals surface area contributed by atoms with Crippen molar-refractivity contribution in [2.24, 2.45) is 0 Å². The van der Waals surface area contributed by atoms with E-state index in [1.54, 1.807) is 13.8 Å². The minimum atomic E-state index is -4.84. The molecular weight excluding hydrogens is 276 g/mol. The van der Waals surface area contributed by atoms with Crippen molar-refractivity contribution in [3.8, 4) is 0 Å². The molecule has 6 heteroatoms. The van der Waals surface area contributed by atoms with Gasteiger partial charge in [0, 0.05) is 12.7 Å². The lowest BCUT2D eigenvalue weighted by atomic mass is 9.87. The molecule has 1 rings (SSSR count). The summed E-state index contributed by atoms with van der Waals surface area (Å²) in [5.41, 5.74) is -2.83. The average molecular weight is 292 g/mol. The Labute approximate surface area is 114 Å². The van der Waals surface area contributed by atoms with Gasteiger partial charge in [0.05, 0.1) is 5.56 Å². The smallest absolute Gasteiger partial charge is 0.370 e. The first-order chi connectivity index (χ1) is 9.21. The number of benzene rings is 1. The van der Waals surface area contributed by atoms with Crippen molar-refractivity contribution in [1.29, 1.82) is 0 Å². The first-order valence-electron chi connectivity index (χ1n) is 6.18. The summed E-state index contributed by atoms with van der Waals surface area (Å²) in [6.45, 7) is 3.41. The van der Waals surface area contributed by atoms with Crippen LogP contribution >= 0.6 is 0 Å². The maximum absolute atomic E-state index is 13.2. The zero-order valence-electron chi connectivity index (χ0n) is 11.5. The highest BCUT2D eigenvalue weighted by molar-refractivity contribution is 6.02. The number of rotatable bonds is 5. The maximum atomic E-state index is 13.2. The van der Waals surface area contributed by atoms with Crippen molar-refractivity contribution in [3.63, 3.8) is 0 Å². The monoisotopic (exact) mass is 292 g/mol. The van der Waals surface area contributed by atoms with Crippen molar-refractivity contribution < 1.29 is 27.1 Å². The second kappa shape index (κ2) is 5.91. The second-order valence-electron chi connectivity index (χ2n) is 4.43. The van der Waals surface area contributed by atoms with E-state index in [1.165, 1.54) is 7.11 Å². The van der Waals surface area contributed by atoms with Gasteiger partial charge in [0.2, 0.25) is 0 Å². The van der Waals surface area contributed by atoms with Crippen LogP contribution in [0.1, 0.15) is 42.6 Å². The molecule has 0 amide bonds. The Hall–Kier alpha value is -1.43. The van der Waals surface area contributed by atoms with Gasteiger partial charge in [0.25, 0.3) is 0 Å². The highest BCUT2D eigenvalue weighted by Crippen LogP contribution is 2.33. The van der Waals surface area contributed by atoms with Crippen LogP contribution in [0.3, 0.4) is 0 Å². The van der Waals surface area contributed by atoms with E-state index < -0.39 is 28.9 Å². The standard InChI is InChI=1S/C14H16F4O2/c1-4-13(5-2,20-3)12(19)9-6-7-11(15)10(8-9)14(16,17)18/h6-8H,4-5H2,1-3H3. The highest BCUT2D eigenvalue weighted by Gasteiger charge is 2.38. The lowest BCUT2D eigenvalue weighted by molar-refractivity contribution is -0.140. The van der Waals surface area contributed by atoms with Crippen molar-refractivity contribution >= 4 is 5.78 Å². The topological polar surface area (TPSA) is 26.3 Å². The van der Waals surface area contributed by atoms with Gasteiger partial charge >= 0.3 is 6.18 Å². The predicted octanol–water partition coefficient (Wildman–Crippen LogP) is 4.23. The van der Waals surface area contributed by atoms with Crippen LogP contribution in [-0.2, 0) is 10.9 Å². The number of Topliss-reactive ketones (excluding diaryl/α,β-unsaturated/α-hetero) is 1. The van der Waals surface area contributed by atoms with Gasteiger partial charge in [-0.15, -0.1) is 0 Å². The van der Waals surface area contributed by atoms with Gasteiger partial charge < -0.3 is 4.74 Å². The largest absolute Gasteiger partial charge is 0.419 e. The quantitative estimate of drug-likeness (QED) is 0.599. The van der Waals surface area contributed by atoms with E-state index in [4.69, 9.17) is 4.74 Å². The van der Waals surface area contributed by atoms with Gasteiger partial charge in [0.15, 0.2) is 5.78 Å². The second-order valence-corrected chi connectivity index (χ2v) is 4.43. The van der Waals surface area contributed by atoms with Gasteiger partial charge in [-0.2, -0.15) is 13.2 Å². The maximum Gasteiger partial charge on any atom is 0.419 e. The number of methoxy groups -OCH3 is 1. The molecule has 20 heavy (non-hydrogen) atoms. The molecule has 0 fully saturated rings. The van der Waals surface area contributed by atoms with Crippen molar-refractivity contribution in [1.82, 2.24) is 0 Å². The summed E-state index contributed by atoms with van der Waals surface area (Å²) in [5.74, 6) is -1.97. The van der Waals surface area contributed by atoms with Crippen molar-refractivity contribution in [2.75, 3.05) is 7.11 Å². The van der Waals surface area contributed by atoms with E-state index in [1.807, 2.05) is 0 Å². The Morgan fingerprint density at radius 3 is 2.15 bits per heavy atom. The van der Waals surface area contributed by atoms with Crippen LogP contribution in [-0.4, -0.2) is 18.5 Å². The van der Waals surface area contributed by atoms with Crippen LogP contribution in [0.15, 0.2) is 18.2 Å². The molecule has 0 aliphatic rings. The fourth-order valence-electron chi connectivity index (χ4n) is 2.10. The van der Waals surface area contributed by atoms with Gasteiger partial charge in [-0.25, -0.2) is 4.39 Å². The summed E-state index contributed by atoms with van der Waals surface area (Å²) in [7, 11) is 1.33. The Kier molecular flexibility index (Phi) is 4.91. The number of ketones is 1. The molecule has 0 N–H and O–H groups in total. The van der Waals surface area contributed by atoms with E-state index in [-0.39, 0.29) is 5.56 Å². The van der Waals surface area contributed by atoms with Crippen LogP contribution in [0.25, 0.3) is 0 Å². The SMILES string of the molecule is CCC(CC)(OC)C(=O)c1ccc(F)c(C(F)(F)F)c1. The molecule has 0 atom stereocenters. The normalized spacial score (nSPS) is 12.6. The average Bonchev–Trinajstić information content (AvgIpc) is 2.40. The third-order valence-electron chi connectivity index (χ3n) is 3.48. The first kappa shape index (κ1) is 16.6. The Morgan fingerprint density at radius 1 is 1.20 bits per heavy atom. The summed E-state index contributed by atoms with van der Waals surface area (Å²) in [4.78, 5) is 12.3. The molecule has 0 spiro atoms. The zero-order chi connectivity index (χ0) is 15.6. The molecule has 0 radical (unpaired) electrons. The number of hydrogen-bond donors (Lipinski definition) is 0. The number of hydrogen-bond acceptors (Lipinski definition) is 2. The molecule has 0 saturated carbocycles. The molecular formula is C14H16F4O2. The predicted molar refractivity (Wildman–Crippen MR) is 66.1 cm³/mol. The van der Waals surface area contributed by atoms with Crippen LogP contribution in [0.2, 0.25) is 0 Å². The number of alkyl halides is 3. The highest BCUT2D eigenvalue weighted by atomic mass is 19.4. The summed E-state index contributed by atoms with van der Waals surface area (Å²) in [6.07, 6.45) is -4.20. The summed E-state index contributed by atoms with van der Waals surface area (Å²) >= 11 is 0. The Morgan fingerprint density at radius 2 is 1.75 bits per heavy atom. The van der Waals surface area contributed by atoms with Gasteiger partial charge in [-0.05, 0) is 31.0 Å². The number of carbonyl (C=O) groups excluding carboxylic acids is 1. The van der Waals surface area contributed by atoms with Gasteiger partial charge in [0.1, 0.15) is 11.4 Å². The minimum absolute atomic E-state index is 0.204. The van der Waals surface area contributed by atoms with Crippen molar-refractivity contribution in [3.05, 3.63) is 35.1 Å². The Balaban J connectivity index is 3.31. The van der Waals surface area contributed by atoms with Crippen LogP contribution < -0.4 is 0 Å². The molecule has 0 aliphatic carbocycles. The number of halogens is 4. The molecule has 1 aromatic carbocycles. The molecule has 0 aliphatic heterocycles. The molecule has 0 aromatic heterocycles. The van der Waals surface area contributed by atoms with Crippen molar-refractivity contribution in [2.45, 2.75) is 38.5 Å². The summed E-state index contributed by atoms with van der Waals surface area (Å²) in [6, 6.07) is 2.24. The lowest BCUT2D eigenvalue weighted by Gasteiger charge is -2.28. The van der Waals surface area contributed by atoms with E-state index in [0.717, 1.165) is 6.07 Å². The number of carbonyl (C=O) groups is 1. The van der Waals surface area contributed by atoms with E-state index >= 15 is 0 Å². The lowest BCUT2D eigenvalue weighted by Crippen LogP contribution is -2.39. The van der Waals surface area contributed by atoms with E-state index in [2.05, 4.69) is 0 Å². The summed E-state index contributed by atoms with van der Waals surface area (Å²) in [5, 5.41) is 0. The molecule has 0 bridgehead atoms. The Bertz CT molecular complexity index is 482. The molecule has 0 heterocycles. The van der Waals surface area contributed by atoms with E-state index in [0.29, 0.717) is 25.0 Å².